The van der Waals surface area contributed by atoms with Crippen LogP contribution in [-0.2, 0) is 7.05 Å². The number of fused-ring (bicyclic) bond motifs is 1. The van der Waals surface area contributed by atoms with Gasteiger partial charge in [0.2, 0.25) is 0 Å². The number of nitrogens with one attached hydrogen (secondary N) is 1. The molecular formula is C28H26FN2O3S+. The zero-order valence-electron chi connectivity index (χ0n) is 20.1. The Morgan fingerprint density at radius 3 is 2.49 bits per heavy atom. The SMILES string of the molecule is C=C(C)c1ccc(Oc2c(C)cc(F)cc2C)c(-c2cn(C)c(=O)c3sc(C(=O)NC[CH2+])cc23)c1. The Bertz CT molecular complexity index is 1530. The minimum Gasteiger partial charge on any atom is -0.456 e. The van der Waals surface area contributed by atoms with Gasteiger partial charge in [-0.2, -0.15) is 0 Å². The quantitative estimate of drug-likeness (QED) is 0.318. The summed E-state index contributed by atoms with van der Waals surface area (Å²) >= 11 is 1.15. The molecule has 2 aromatic heterocycles. The van der Waals surface area contributed by atoms with Crippen LogP contribution in [0.15, 0.2) is 54.0 Å². The highest BCUT2D eigenvalue weighted by Gasteiger charge is 2.20. The Kier molecular flexibility index (Phi) is 6.54. The van der Waals surface area contributed by atoms with Crippen molar-refractivity contribution >= 4 is 32.9 Å². The molecule has 35 heavy (non-hydrogen) atoms. The molecule has 178 valence electrons. The molecule has 4 aromatic rings. The number of thiophene rings is 1. The largest absolute Gasteiger partial charge is 0.456 e. The zero-order valence-corrected chi connectivity index (χ0v) is 20.9. The lowest BCUT2D eigenvalue weighted by atomic mass is 9.98. The van der Waals surface area contributed by atoms with E-state index in [1.54, 1.807) is 33.2 Å². The average Bonchev–Trinajstić information content (AvgIpc) is 3.25. The molecule has 1 N–H and O–H groups in total. The van der Waals surface area contributed by atoms with Gasteiger partial charge in [0.25, 0.3) is 11.5 Å². The van der Waals surface area contributed by atoms with Gasteiger partial charge < -0.3 is 14.6 Å². The van der Waals surface area contributed by atoms with Gasteiger partial charge in [0.15, 0.2) is 6.54 Å². The number of ether oxygens (including phenoxy) is 1. The highest BCUT2D eigenvalue weighted by Crippen LogP contribution is 2.41. The van der Waals surface area contributed by atoms with Crippen LogP contribution in [0.4, 0.5) is 4.39 Å². The van der Waals surface area contributed by atoms with Gasteiger partial charge in [-0.1, -0.05) is 18.2 Å². The van der Waals surface area contributed by atoms with Crippen LogP contribution >= 0.6 is 11.3 Å². The van der Waals surface area contributed by atoms with E-state index in [9.17, 15) is 14.0 Å². The number of hydrogen-bond donors (Lipinski definition) is 1. The van der Waals surface area contributed by atoms with E-state index in [1.165, 1.54) is 16.7 Å². The van der Waals surface area contributed by atoms with E-state index in [0.29, 0.717) is 37.6 Å². The normalized spacial score (nSPS) is 11.0. The molecule has 0 unspecified atom stereocenters. The van der Waals surface area contributed by atoms with Crippen molar-refractivity contribution in [2.24, 2.45) is 7.05 Å². The number of nitrogens with zero attached hydrogens (tertiary/aromatic N) is 1. The number of carbonyl (C=O) groups excluding carboxylic acids is 1. The first kappa shape index (κ1) is 24.3. The maximum Gasteiger partial charge on any atom is 0.268 e. The summed E-state index contributed by atoms with van der Waals surface area (Å²) in [6.07, 6.45) is 1.75. The summed E-state index contributed by atoms with van der Waals surface area (Å²) in [5.74, 6) is 0.510. The summed E-state index contributed by atoms with van der Waals surface area (Å²) in [6, 6.07) is 10.3. The molecule has 0 aliphatic carbocycles. The van der Waals surface area contributed by atoms with Gasteiger partial charge in [0.05, 0.1) is 11.8 Å². The molecule has 0 bridgehead atoms. The molecule has 0 atom stereocenters. The lowest BCUT2D eigenvalue weighted by Gasteiger charge is -2.17. The van der Waals surface area contributed by atoms with Gasteiger partial charge in [-0.25, -0.2) is 4.39 Å². The fourth-order valence-corrected chi connectivity index (χ4v) is 5.09. The number of benzene rings is 2. The summed E-state index contributed by atoms with van der Waals surface area (Å²) < 4.78 is 22.2. The fraction of sp³-hybridized carbons (Fsp3) is 0.179. The second-order valence-corrected chi connectivity index (χ2v) is 9.58. The lowest BCUT2D eigenvalue weighted by molar-refractivity contribution is 0.0962. The van der Waals surface area contributed by atoms with Gasteiger partial charge in [0.1, 0.15) is 22.0 Å². The van der Waals surface area contributed by atoms with Crippen molar-refractivity contribution in [1.29, 1.82) is 0 Å². The van der Waals surface area contributed by atoms with Crippen molar-refractivity contribution in [1.82, 2.24) is 9.88 Å². The van der Waals surface area contributed by atoms with Crippen LogP contribution in [-0.4, -0.2) is 17.0 Å². The summed E-state index contributed by atoms with van der Waals surface area (Å²) in [5, 5.41) is 3.34. The smallest absolute Gasteiger partial charge is 0.268 e. The van der Waals surface area contributed by atoms with Gasteiger partial charge in [-0.3, -0.25) is 9.59 Å². The molecule has 2 heterocycles. The van der Waals surface area contributed by atoms with Gasteiger partial charge in [-0.15, -0.1) is 11.3 Å². The number of halogens is 1. The van der Waals surface area contributed by atoms with E-state index < -0.39 is 0 Å². The van der Waals surface area contributed by atoms with E-state index in [-0.39, 0.29) is 23.8 Å². The van der Waals surface area contributed by atoms with Crippen LogP contribution in [0, 0.1) is 26.6 Å². The maximum atomic E-state index is 13.9. The third-order valence-electron chi connectivity index (χ3n) is 5.77. The van der Waals surface area contributed by atoms with Crippen molar-refractivity contribution in [3.05, 3.63) is 93.8 Å². The van der Waals surface area contributed by atoms with E-state index in [0.717, 1.165) is 33.6 Å². The molecule has 0 aliphatic heterocycles. The lowest BCUT2D eigenvalue weighted by Crippen LogP contribution is -2.21. The first-order valence-corrected chi connectivity index (χ1v) is 11.9. The Morgan fingerprint density at radius 2 is 1.86 bits per heavy atom. The Labute approximate surface area is 207 Å². The van der Waals surface area contributed by atoms with Crippen molar-refractivity contribution in [2.45, 2.75) is 20.8 Å². The van der Waals surface area contributed by atoms with Crippen LogP contribution in [0.5, 0.6) is 11.5 Å². The van der Waals surface area contributed by atoms with Crippen molar-refractivity contribution in [3.63, 3.8) is 0 Å². The number of pyridine rings is 1. The highest BCUT2D eigenvalue weighted by atomic mass is 32.1. The predicted octanol–water partition coefficient (Wildman–Crippen LogP) is 6.41. The number of aromatic nitrogens is 1. The van der Waals surface area contributed by atoms with E-state index in [4.69, 9.17) is 4.74 Å². The predicted molar refractivity (Wildman–Crippen MR) is 141 cm³/mol. The van der Waals surface area contributed by atoms with E-state index >= 15 is 0 Å². The first-order chi connectivity index (χ1) is 16.6. The minimum atomic E-state index is -0.323. The second-order valence-electron chi connectivity index (χ2n) is 8.53. The Morgan fingerprint density at radius 1 is 1.17 bits per heavy atom. The zero-order chi connectivity index (χ0) is 25.4. The maximum absolute atomic E-state index is 13.9. The van der Waals surface area contributed by atoms with Crippen molar-refractivity contribution in [3.8, 4) is 22.6 Å². The number of amides is 1. The van der Waals surface area contributed by atoms with Gasteiger partial charge >= 0.3 is 0 Å². The van der Waals surface area contributed by atoms with Crippen LogP contribution in [0.3, 0.4) is 0 Å². The van der Waals surface area contributed by atoms with Crippen LogP contribution < -0.4 is 15.6 Å². The standard InChI is InChI=1S/C28H25FN2O3S/c1-7-30-27(32)24-13-21-22(14-31(6)28(33)26(21)35-24)20-12-18(15(2)3)8-9-23(20)34-25-16(4)10-19(29)11-17(25)5/h8-14H,1-2,7H2,3-6H3/p+1. The van der Waals surface area contributed by atoms with E-state index in [2.05, 4.69) is 18.8 Å². The molecule has 0 saturated heterocycles. The molecule has 0 fully saturated rings. The monoisotopic (exact) mass is 489 g/mol. The minimum absolute atomic E-state index is 0.189. The van der Waals surface area contributed by atoms with Gasteiger partial charge in [-0.05, 0) is 67.8 Å². The summed E-state index contributed by atoms with van der Waals surface area (Å²) in [7, 11) is 1.68. The highest BCUT2D eigenvalue weighted by molar-refractivity contribution is 7.20. The second kappa shape index (κ2) is 9.43. The molecule has 4 rings (SSSR count). The third kappa shape index (κ3) is 4.59. The number of allylic oxidation sites excluding steroid dienone is 1. The van der Waals surface area contributed by atoms with Crippen LogP contribution in [0.1, 0.15) is 33.3 Å². The van der Waals surface area contributed by atoms with Crippen LogP contribution in [0.2, 0.25) is 0 Å². The Hall–Kier alpha value is -3.84. The third-order valence-corrected chi connectivity index (χ3v) is 6.89. The van der Waals surface area contributed by atoms with Gasteiger partial charge in [0, 0.05) is 29.8 Å². The molecule has 0 spiro atoms. The molecule has 1 amide bonds. The van der Waals surface area contributed by atoms with Crippen molar-refractivity contribution in [2.75, 3.05) is 6.54 Å². The summed E-state index contributed by atoms with van der Waals surface area (Å²) in [6.45, 7) is 13.5. The molecule has 0 aliphatic rings. The average molecular weight is 490 g/mol. The number of carbonyl (C=O) groups is 1. The van der Waals surface area contributed by atoms with Crippen LogP contribution in [0.25, 0.3) is 26.8 Å². The number of rotatable bonds is 6. The summed E-state index contributed by atoms with van der Waals surface area (Å²) in [4.78, 5) is 25.8. The topological polar surface area (TPSA) is 60.3 Å². The molecule has 2 aromatic carbocycles. The first-order valence-electron chi connectivity index (χ1n) is 11.1. The van der Waals surface area contributed by atoms with E-state index in [1.807, 2.05) is 25.1 Å². The Balaban J connectivity index is 1.98. The molecule has 7 heteroatoms. The molecular weight excluding hydrogens is 463 g/mol. The number of aryl methyl sites for hydroxylation is 3. The molecule has 0 saturated carbocycles. The fourth-order valence-electron chi connectivity index (χ4n) is 4.02. The molecule has 0 radical (unpaired) electrons. The number of hydrogen-bond acceptors (Lipinski definition) is 4. The van der Waals surface area contributed by atoms with Crippen molar-refractivity contribution < 1.29 is 13.9 Å². The summed E-state index contributed by atoms with van der Waals surface area (Å²) in [5.41, 5.74) is 4.40. The molecule has 5 nitrogen and oxygen atoms in total.